The summed E-state index contributed by atoms with van der Waals surface area (Å²) in [6.45, 7) is 2.47. The molecule has 1 atom stereocenters. The second-order valence-corrected chi connectivity index (χ2v) is 8.67. The fourth-order valence-electron chi connectivity index (χ4n) is 2.15. The van der Waals surface area contributed by atoms with Crippen molar-refractivity contribution < 1.29 is 9.53 Å². The van der Waals surface area contributed by atoms with Crippen LogP contribution in [0.3, 0.4) is 0 Å². The van der Waals surface area contributed by atoms with Gasteiger partial charge in [0.15, 0.2) is 5.11 Å². The van der Waals surface area contributed by atoms with E-state index >= 15 is 0 Å². The number of carbonyl (C=O) groups excluding carboxylic acids is 1. The van der Waals surface area contributed by atoms with Crippen molar-refractivity contribution in [2.75, 3.05) is 11.9 Å². The zero-order valence-electron chi connectivity index (χ0n) is 14.6. The van der Waals surface area contributed by atoms with Gasteiger partial charge in [-0.25, -0.2) is 0 Å². The van der Waals surface area contributed by atoms with E-state index in [9.17, 15) is 4.79 Å². The number of ether oxygens (including phenoxy) is 1. The molecule has 0 aliphatic carbocycles. The molecule has 0 unspecified atom stereocenters. The smallest absolute Gasteiger partial charge is 0.254 e. The minimum atomic E-state index is -1.87. The van der Waals surface area contributed by atoms with Crippen molar-refractivity contribution in [3.63, 3.8) is 0 Å². The van der Waals surface area contributed by atoms with Gasteiger partial charge in [-0.2, -0.15) is 0 Å². The van der Waals surface area contributed by atoms with Crippen molar-refractivity contribution in [3.8, 4) is 5.75 Å². The first-order valence-electron chi connectivity index (χ1n) is 8.13. The van der Waals surface area contributed by atoms with Gasteiger partial charge in [0.25, 0.3) is 5.91 Å². The molecule has 2 rings (SSSR count). The highest BCUT2D eigenvalue weighted by Crippen LogP contribution is 2.29. The van der Waals surface area contributed by atoms with Crippen LogP contribution >= 0.6 is 58.6 Å². The van der Waals surface area contributed by atoms with Crippen LogP contribution in [0.15, 0.2) is 48.5 Å². The van der Waals surface area contributed by atoms with Gasteiger partial charge in [0, 0.05) is 5.69 Å². The van der Waals surface area contributed by atoms with E-state index in [4.69, 9.17) is 63.4 Å². The highest BCUT2D eigenvalue weighted by atomic mass is 35.6. The molecule has 1 amide bonds. The second kappa shape index (κ2) is 10.4. The molecule has 0 aromatic heterocycles. The Bertz CT molecular complexity index is 828. The molecule has 0 spiro atoms. The van der Waals surface area contributed by atoms with Crippen LogP contribution in [-0.2, 0) is 0 Å². The van der Waals surface area contributed by atoms with Gasteiger partial charge in [-0.15, -0.1) is 0 Å². The maximum absolute atomic E-state index is 12.5. The maximum Gasteiger partial charge on any atom is 0.254 e. The highest BCUT2D eigenvalue weighted by molar-refractivity contribution is 7.80. The molecule has 0 saturated carbocycles. The van der Waals surface area contributed by atoms with E-state index in [1.54, 1.807) is 48.5 Å². The van der Waals surface area contributed by atoms with E-state index in [1.165, 1.54) is 0 Å². The average Bonchev–Trinajstić information content (AvgIpc) is 2.62. The van der Waals surface area contributed by atoms with Crippen LogP contribution in [0.1, 0.15) is 17.3 Å². The number of hydrogen-bond donors (Lipinski definition) is 3. The summed E-state index contributed by atoms with van der Waals surface area (Å²) in [4.78, 5) is 12.5. The number of alkyl halides is 3. The Morgan fingerprint density at radius 2 is 1.75 bits per heavy atom. The number of benzene rings is 2. The molecule has 3 N–H and O–H groups in total. The summed E-state index contributed by atoms with van der Waals surface area (Å²) in [6.07, 6.45) is -1.11. The third-order valence-electron chi connectivity index (χ3n) is 3.42. The summed E-state index contributed by atoms with van der Waals surface area (Å²) in [5, 5.41) is 8.74. The SMILES string of the molecule is CCOc1ccc(NC(=S)N[C@@H](NC(=O)c2ccccc2Cl)C(Cl)(Cl)Cl)cc1. The fraction of sp³-hybridized carbons (Fsp3) is 0.222. The summed E-state index contributed by atoms with van der Waals surface area (Å²) >= 11 is 29.3. The van der Waals surface area contributed by atoms with Gasteiger partial charge in [-0.1, -0.05) is 58.5 Å². The van der Waals surface area contributed by atoms with E-state index in [0.717, 1.165) is 5.75 Å². The van der Waals surface area contributed by atoms with Crippen LogP contribution < -0.4 is 20.7 Å². The quantitative estimate of drug-likeness (QED) is 0.303. The van der Waals surface area contributed by atoms with E-state index < -0.39 is 15.9 Å². The van der Waals surface area contributed by atoms with Crippen molar-refractivity contribution in [1.29, 1.82) is 0 Å². The lowest BCUT2D eigenvalue weighted by Crippen LogP contribution is -2.56. The Morgan fingerprint density at radius 3 is 2.32 bits per heavy atom. The van der Waals surface area contributed by atoms with Crippen LogP contribution in [0, 0.1) is 0 Å². The number of carbonyl (C=O) groups is 1. The van der Waals surface area contributed by atoms with Gasteiger partial charge in [-0.3, -0.25) is 4.79 Å². The van der Waals surface area contributed by atoms with Crippen molar-refractivity contribution in [2.45, 2.75) is 16.9 Å². The summed E-state index contributed by atoms with van der Waals surface area (Å²) < 4.78 is 3.51. The van der Waals surface area contributed by atoms with Gasteiger partial charge in [0.2, 0.25) is 3.79 Å². The monoisotopic (exact) mass is 479 g/mol. The predicted octanol–water partition coefficient (Wildman–Crippen LogP) is 5.15. The molecule has 2 aromatic rings. The van der Waals surface area contributed by atoms with Crippen LogP contribution in [-0.4, -0.2) is 27.6 Å². The Morgan fingerprint density at radius 1 is 1.11 bits per heavy atom. The number of amides is 1. The molecular formula is C18H17Cl4N3O2S. The van der Waals surface area contributed by atoms with Crippen molar-refractivity contribution in [1.82, 2.24) is 10.6 Å². The predicted molar refractivity (Wildman–Crippen MR) is 120 cm³/mol. The number of nitrogens with one attached hydrogen (secondary N) is 3. The molecule has 0 saturated heterocycles. The molecule has 5 nitrogen and oxygen atoms in total. The number of thiocarbonyl (C=S) groups is 1. The van der Waals surface area contributed by atoms with Crippen LogP contribution in [0.5, 0.6) is 5.75 Å². The second-order valence-electron chi connectivity index (χ2n) is 5.48. The highest BCUT2D eigenvalue weighted by Gasteiger charge is 2.35. The Hall–Kier alpha value is -1.44. The lowest BCUT2D eigenvalue weighted by Gasteiger charge is -2.28. The normalized spacial score (nSPS) is 12.0. The standard InChI is InChI=1S/C18H17Cl4N3O2S/c1-2-27-12-9-7-11(8-10-12)23-17(28)25-16(18(20,21)22)24-15(26)13-5-3-4-6-14(13)19/h3-10,16H,2H2,1H3,(H,24,26)(H2,23,25,28)/t16-/m1/s1. The molecule has 0 fully saturated rings. The zero-order chi connectivity index (χ0) is 20.7. The molecule has 0 bridgehead atoms. The lowest BCUT2D eigenvalue weighted by atomic mass is 10.2. The molecular weight excluding hydrogens is 464 g/mol. The zero-order valence-corrected chi connectivity index (χ0v) is 18.5. The minimum Gasteiger partial charge on any atom is -0.494 e. The van der Waals surface area contributed by atoms with Gasteiger partial charge in [0.1, 0.15) is 11.9 Å². The van der Waals surface area contributed by atoms with E-state index in [2.05, 4.69) is 16.0 Å². The number of rotatable bonds is 6. The fourth-order valence-corrected chi connectivity index (χ4v) is 2.94. The van der Waals surface area contributed by atoms with Gasteiger partial charge >= 0.3 is 0 Å². The first-order valence-corrected chi connectivity index (χ1v) is 10.0. The molecule has 2 aromatic carbocycles. The Balaban J connectivity index is 2.04. The number of halogens is 4. The summed E-state index contributed by atoms with van der Waals surface area (Å²) in [7, 11) is 0. The van der Waals surface area contributed by atoms with Gasteiger partial charge < -0.3 is 20.7 Å². The number of hydrogen-bond acceptors (Lipinski definition) is 3. The van der Waals surface area contributed by atoms with Crippen molar-refractivity contribution in [3.05, 3.63) is 59.1 Å². The van der Waals surface area contributed by atoms with Crippen LogP contribution in [0.4, 0.5) is 5.69 Å². The van der Waals surface area contributed by atoms with Gasteiger partial charge in [0.05, 0.1) is 17.2 Å². The average molecular weight is 481 g/mol. The molecule has 0 radical (unpaired) electrons. The summed E-state index contributed by atoms with van der Waals surface area (Å²) in [6, 6.07) is 13.7. The lowest BCUT2D eigenvalue weighted by molar-refractivity contribution is 0.0934. The molecule has 0 heterocycles. The first-order chi connectivity index (χ1) is 13.2. The van der Waals surface area contributed by atoms with E-state index in [1.807, 2.05) is 6.92 Å². The molecule has 28 heavy (non-hydrogen) atoms. The Labute approximate surface area is 188 Å². The van der Waals surface area contributed by atoms with E-state index in [-0.39, 0.29) is 15.7 Å². The van der Waals surface area contributed by atoms with Gasteiger partial charge in [-0.05, 0) is 55.5 Å². The van der Waals surface area contributed by atoms with Crippen molar-refractivity contribution >= 4 is 75.3 Å². The molecule has 0 aliphatic rings. The number of anilines is 1. The third kappa shape index (κ3) is 6.87. The van der Waals surface area contributed by atoms with E-state index in [0.29, 0.717) is 12.3 Å². The maximum atomic E-state index is 12.5. The molecule has 0 aliphatic heterocycles. The first kappa shape index (κ1) is 22.8. The molecule has 10 heteroatoms. The van der Waals surface area contributed by atoms with Crippen LogP contribution in [0.2, 0.25) is 5.02 Å². The molecule has 150 valence electrons. The topological polar surface area (TPSA) is 62.4 Å². The minimum absolute atomic E-state index is 0.153. The largest absolute Gasteiger partial charge is 0.494 e. The van der Waals surface area contributed by atoms with Crippen LogP contribution in [0.25, 0.3) is 0 Å². The Kier molecular flexibility index (Phi) is 8.46. The summed E-state index contributed by atoms with van der Waals surface area (Å²) in [5.41, 5.74) is 0.942. The third-order valence-corrected chi connectivity index (χ3v) is 4.62. The summed E-state index contributed by atoms with van der Waals surface area (Å²) in [5.74, 6) is 0.219. The van der Waals surface area contributed by atoms with Crippen molar-refractivity contribution in [2.24, 2.45) is 0 Å².